The Morgan fingerprint density at radius 3 is 2.65 bits per heavy atom. The van der Waals surface area contributed by atoms with Crippen molar-refractivity contribution in [2.45, 2.75) is 19.9 Å². The van der Waals surface area contributed by atoms with E-state index in [2.05, 4.69) is 43.8 Å². The average molecular weight is 556 g/mol. The Labute approximate surface area is 216 Å². The number of rotatable bonds is 8. The molecule has 0 bridgehead atoms. The highest BCUT2D eigenvalue weighted by atomic mass is 79.9. The van der Waals surface area contributed by atoms with Gasteiger partial charge in [-0.15, -0.1) is 11.3 Å². The maximum absolute atomic E-state index is 12.6. The molecule has 2 aromatic heterocycles. The first-order valence-corrected chi connectivity index (χ1v) is 12.7. The molecular formula is C25H23BrN4O2S2. The highest BCUT2D eigenvalue weighted by Gasteiger charge is 2.18. The Morgan fingerprint density at radius 2 is 1.91 bits per heavy atom. The number of anilines is 2. The van der Waals surface area contributed by atoms with E-state index in [1.54, 1.807) is 13.1 Å². The molecule has 9 heteroatoms. The third-order valence-corrected chi connectivity index (χ3v) is 6.52. The SMILES string of the molecule is CCOC(=O)c1cc(Cc2ccccc2)sc1NC(=S)Nc1cccc(Cn2cc(Br)cn2)c1. The number of halogens is 1. The Morgan fingerprint density at radius 1 is 1.12 bits per heavy atom. The molecule has 0 unspecified atom stereocenters. The van der Waals surface area contributed by atoms with Crippen molar-refractivity contribution in [1.82, 2.24) is 9.78 Å². The third kappa shape index (κ3) is 6.53. The molecule has 0 aliphatic heterocycles. The number of carbonyl (C=O) groups is 1. The standard InChI is InChI=1S/C25H23BrN4O2S2/c1-2-32-24(31)22-13-21(12-17-7-4-3-5-8-17)34-23(22)29-25(33)28-20-10-6-9-18(11-20)15-30-16-19(26)14-27-30/h3-11,13-14,16H,2,12,15H2,1H3,(H2,28,29,33). The lowest BCUT2D eigenvalue weighted by atomic mass is 10.1. The molecule has 2 heterocycles. The van der Waals surface area contributed by atoms with E-state index < -0.39 is 0 Å². The zero-order chi connectivity index (χ0) is 23.9. The van der Waals surface area contributed by atoms with E-state index in [-0.39, 0.29) is 5.97 Å². The smallest absolute Gasteiger partial charge is 0.341 e. The van der Waals surface area contributed by atoms with Crippen molar-refractivity contribution in [2.75, 3.05) is 17.2 Å². The average Bonchev–Trinajstić information content (AvgIpc) is 3.40. The fourth-order valence-corrected chi connectivity index (χ4v) is 5.10. The summed E-state index contributed by atoms with van der Waals surface area (Å²) in [5.41, 5.74) is 3.59. The molecule has 0 fully saturated rings. The number of carbonyl (C=O) groups excluding carboxylic acids is 1. The molecule has 0 aliphatic carbocycles. The molecule has 0 atom stereocenters. The highest BCUT2D eigenvalue weighted by Crippen LogP contribution is 2.31. The van der Waals surface area contributed by atoms with Crippen LogP contribution in [0.5, 0.6) is 0 Å². The van der Waals surface area contributed by atoms with Crippen molar-refractivity contribution < 1.29 is 9.53 Å². The molecule has 4 aromatic rings. The van der Waals surface area contributed by atoms with E-state index in [1.807, 2.05) is 59.4 Å². The summed E-state index contributed by atoms with van der Waals surface area (Å²) in [4.78, 5) is 13.6. The van der Waals surface area contributed by atoms with Gasteiger partial charge in [-0.3, -0.25) is 4.68 Å². The van der Waals surface area contributed by atoms with Gasteiger partial charge in [0.25, 0.3) is 0 Å². The second-order valence-corrected chi connectivity index (χ2v) is 9.93. The van der Waals surface area contributed by atoms with Crippen LogP contribution in [0, 0.1) is 0 Å². The number of esters is 1. The lowest BCUT2D eigenvalue weighted by molar-refractivity contribution is 0.0528. The van der Waals surface area contributed by atoms with Crippen LogP contribution in [0.3, 0.4) is 0 Å². The van der Waals surface area contributed by atoms with Crippen molar-refractivity contribution in [2.24, 2.45) is 0 Å². The van der Waals surface area contributed by atoms with Gasteiger partial charge in [0.1, 0.15) is 5.00 Å². The minimum Gasteiger partial charge on any atom is -0.462 e. The first-order valence-electron chi connectivity index (χ1n) is 10.7. The van der Waals surface area contributed by atoms with Crippen molar-refractivity contribution in [1.29, 1.82) is 0 Å². The molecule has 2 aromatic carbocycles. The molecule has 0 amide bonds. The topological polar surface area (TPSA) is 68.2 Å². The van der Waals surface area contributed by atoms with Gasteiger partial charge in [0, 0.05) is 23.2 Å². The van der Waals surface area contributed by atoms with Crippen molar-refractivity contribution in [3.63, 3.8) is 0 Å². The van der Waals surface area contributed by atoms with Crippen LogP contribution < -0.4 is 10.6 Å². The maximum Gasteiger partial charge on any atom is 0.341 e. The van der Waals surface area contributed by atoms with Gasteiger partial charge >= 0.3 is 5.97 Å². The van der Waals surface area contributed by atoms with Gasteiger partial charge in [-0.2, -0.15) is 5.10 Å². The number of aromatic nitrogens is 2. The predicted molar refractivity (Wildman–Crippen MR) is 145 cm³/mol. The normalized spacial score (nSPS) is 10.6. The summed E-state index contributed by atoms with van der Waals surface area (Å²) in [5, 5.41) is 11.8. The van der Waals surface area contributed by atoms with Crippen LogP contribution >= 0.6 is 39.5 Å². The summed E-state index contributed by atoms with van der Waals surface area (Å²) in [6, 6.07) is 20.0. The molecule has 34 heavy (non-hydrogen) atoms. The number of ether oxygens (including phenoxy) is 1. The van der Waals surface area contributed by atoms with Gasteiger partial charge in [0.15, 0.2) is 5.11 Å². The molecule has 0 saturated carbocycles. The Kier molecular flexibility index (Phi) is 8.10. The predicted octanol–water partition coefficient (Wildman–Crippen LogP) is 6.33. The van der Waals surface area contributed by atoms with Gasteiger partial charge in [0.2, 0.25) is 0 Å². The fraction of sp³-hybridized carbons (Fsp3) is 0.160. The minimum atomic E-state index is -0.365. The van der Waals surface area contributed by atoms with Gasteiger partial charge in [0.05, 0.1) is 29.4 Å². The summed E-state index contributed by atoms with van der Waals surface area (Å²) in [7, 11) is 0. The molecule has 4 rings (SSSR count). The quantitative estimate of drug-likeness (QED) is 0.196. The van der Waals surface area contributed by atoms with Crippen LogP contribution in [-0.4, -0.2) is 27.5 Å². The van der Waals surface area contributed by atoms with Gasteiger partial charge in [-0.1, -0.05) is 42.5 Å². The van der Waals surface area contributed by atoms with Crippen LogP contribution in [0.25, 0.3) is 0 Å². The number of nitrogens with one attached hydrogen (secondary N) is 2. The monoisotopic (exact) mass is 554 g/mol. The van der Waals surface area contributed by atoms with Crippen LogP contribution in [0.2, 0.25) is 0 Å². The molecule has 174 valence electrons. The van der Waals surface area contributed by atoms with Gasteiger partial charge in [-0.05, 0) is 64.4 Å². The summed E-state index contributed by atoms with van der Waals surface area (Å²) >= 11 is 10.5. The molecule has 0 spiro atoms. The van der Waals surface area contributed by atoms with E-state index in [1.165, 1.54) is 16.9 Å². The number of nitrogens with zero attached hydrogens (tertiary/aromatic N) is 2. The van der Waals surface area contributed by atoms with E-state index >= 15 is 0 Å². The zero-order valence-electron chi connectivity index (χ0n) is 18.5. The summed E-state index contributed by atoms with van der Waals surface area (Å²) < 4.78 is 8.05. The first kappa shape index (κ1) is 24.1. The van der Waals surface area contributed by atoms with E-state index in [0.717, 1.165) is 27.0 Å². The van der Waals surface area contributed by atoms with Crippen molar-refractivity contribution >= 4 is 61.3 Å². The van der Waals surface area contributed by atoms with Gasteiger partial charge < -0.3 is 15.4 Å². The summed E-state index contributed by atoms with van der Waals surface area (Å²) in [6.07, 6.45) is 4.41. The highest BCUT2D eigenvalue weighted by molar-refractivity contribution is 9.10. The summed E-state index contributed by atoms with van der Waals surface area (Å²) in [5.74, 6) is -0.365. The minimum absolute atomic E-state index is 0.310. The molecule has 0 radical (unpaired) electrons. The number of hydrogen-bond acceptors (Lipinski definition) is 5. The van der Waals surface area contributed by atoms with Crippen LogP contribution in [0.4, 0.5) is 10.7 Å². The molecule has 2 N–H and O–H groups in total. The number of hydrogen-bond donors (Lipinski definition) is 2. The molecule has 6 nitrogen and oxygen atoms in total. The van der Waals surface area contributed by atoms with Gasteiger partial charge in [-0.25, -0.2) is 4.79 Å². The molecule has 0 aliphatic rings. The Bertz CT molecular complexity index is 1290. The Hall–Kier alpha value is -3.01. The Balaban J connectivity index is 1.47. The second kappa shape index (κ2) is 11.4. The zero-order valence-corrected chi connectivity index (χ0v) is 21.7. The van der Waals surface area contributed by atoms with E-state index in [9.17, 15) is 4.79 Å². The second-order valence-electron chi connectivity index (χ2n) is 7.47. The van der Waals surface area contributed by atoms with Crippen LogP contribution in [-0.2, 0) is 17.7 Å². The van der Waals surface area contributed by atoms with Crippen LogP contribution in [0.1, 0.15) is 33.3 Å². The van der Waals surface area contributed by atoms with Crippen molar-refractivity contribution in [3.8, 4) is 0 Å². The number of benzene rings is 2. The molecule has 0 saturated heterocycles. The lowest BCUT2D eigenvalue weighted by Crippen LogP contribution is -2.20. The van der Waals surface area contributed by atoms with E-state index in [0.29, 0.717) is 28.8 Å². The number of thiocarbonyl (C=S) groups is 1. The number of thiophene rings is 1. The summed E-state index contributed by atoms with van der Waals surface area (Å²) in [6.45, 7) is 2.75. The lowest BCUT2D eigenvalue weighted by Gasteiger charge is -2.12. The fourth-order valence-electron chi connectivity index (χ4n) is 3.40. The third-order valence-electron chi connectivity index (χ3n) is 4.86. The maximum atomic E-state index is 12.6. The molecular weight excluding hydrogens is 532 g/mol. The first-order chi connectivity index (χ1) is 16.5. The largest absolute Gasteiger partial charge is 0.462 e. The van der Waals surface area contributed by atoms with Crippen molar-refractivity contribution in [3.05, 3.63) is 99.1 Å². The van der Waals surface area contributed by atoms with Crippen LogP contribution in [0.15, 0.2) is 77.5 Å². The van der Waals surface area contributed by atoms with E-state index in [4.69, 9.17) is 17.0 Å².